The highest BCUT2D eigenvalue weighted by Gasteiger charge is 2.22. The molecule has 1 aromatic rings. The van der Waals surface area contributed by atoms with E-state index in [0.717, 1.165) is 0 Å². The number of nitrogens with zero attached hydrogens (tertiary/aromatic N) is 2. The van der Waals surface area contributed by atoms with Crippen LogP contribution in [0.2, 0.25) is 0 Å². The van der Waals surface area contributed by atoms with E-state index in [1.54, 1.807) is 15.9 Å². The van der Waals surface area contributed by atoms with E-state index in [1.165, 1.54) is 26.2 Å². The van der Waals surface area contributed by atoms with Gasteiger partial charge in [-0.2, -0.15) is 0 Å². The highest BCUT2D eigenvalue weighted by molar-refractivity contribution is 5.97. The van der Waals surface area contributed by atoms with Crippen molar-refractivity contribution >= 4 is 17.7 Å². The number of rotatable bonds is 5. The zero-order valence-electron chi connectivity index (χ0n) is 14.4. The van der Waals surface area contributed by atoms with E-state index < -0.39 is 5.91 Å². The summed E-state index contributed by atoms with van der Waals surface area (Å²) in [6, 6.07) is 4.40. The topological polar surface area (TPSA) is 99.2 Å². The molecule has 0 atom stereocenters. The number of phenols is 1. The number of nitrogens with one attached hydrogen (secondary N) is 1. The summed E-state index contributed by atoms with van der Waals surface area (Å²) in [6.45, 7) is 3.77. The largest absolute Gasteiger partial charge is 0.507 e. The van der Waals surface area contributed by atoms with Crippen LogP contribution in [0.1, 0.15) is 23.7 Å². The number of phenolic OH excluding ortho intramolecular Hbond substituents is 1. The highest BCUT2D eigenvalue weighted by Crippen LogP contribution is 2.23. The molecule has 3 amide bonds. The van der Waals surface area contributed by atoms with E-state index in [1.807, 2.05) is 0 Å². The van der Waals surface area contributed by atoms with Gasteiger partial charge in [0, 0.05) is 52.1 Å². The highest BCUT2D eigenvalue weighted by atomic mass is 16.5. The first kappa shape index (κ1) is 18.6. The van der Waals surface area contributed by atoms with Gasteiger partial charge in [-0.05, 0) is 12.1 Å². The van der Waals surface area contributed by atoms with Gasteiger partial charge in [0.05, 0.1) is 12.7 Å². The van der Waals surface area contributed by atoms with Crippen molar-refractivity contribution in [2.45, 2.75) is 13.3 Å². The number of benzene rings is 1. The van der Waals surface area contributed by atoms with E-state index in [4.69, 9.17) is 4.74 Å². The van der Waals surface area contributed by atoms with Gasteiger partial charge in [0.1, 0.15) is 11.5 Å². The molecule has 1 heterocycles. The minimum Gasteiger partial charge on any atom is -0.507 e. The number of carbonyl (C=O) groups is 3. The Kier molecular flexibility index (Phi) is 6.21. The van der Waals surface area contributed by atoms with E-state index in [-0.39, 0.29) is 36.1 Å². The summed E-state index contributed by atoms with van der Waals surface area (Å²) < 4.78 is 4.97. The lowest BCUT2D eigenvalue weighted by atomic mass is 10.1. The zero-order valence-corrected chi connectivity index (χ0v) is 14.4. The molecular formula is C17H23N3O5. The van der Waals surface area contributed by atoms with E-state index in [2.05, 4.69) is 5.32 Å². The number of hydrogen-bond donors (Lipinski definition) is 2. The first-order chi connectivity index (χ1) is 11.9. The second-order valence-corrected chi connectivity index (χ2v) is 5.78. The number of amides is 3. The Hall–Kier alpha value is -2.77. The average molecular weight is 349 g/mol. The lowest BCUT2D eigenvalue weighted by molar-refractivity contribution is -0.138. The monoisotopic (exact) mass is 349 g/mol. The quantitative estimate of drug-likeness (QED) is 0.792. The van der Waals surface area contributed by atoms with Gasteiger partial charge < -0.3 is 25.0 Å². The van der Waals surface area contributed by atoms with Gasteiger partial charge in [-0.1, -0.05) is 0 Å². The van der Waals surface area contributed by atoms with Crippen molar-refractivity contribution in [2.24, 2.45) is 0 Å². The van der Waals surface area contributed by atoms with Crippen LogP contribution in [-0.4, -0.2) is 72.5 Å². The minimum atomic E-state index is -0.450. The van der Waals surface area contributed by atoms with Crippen LogP contribution in [-0.2, 0) is 9.59 Å². The third-order valence-corrected chi connectivity index (χ3v) is 4.15. The molecule has 2 rings (SSSR count). The van der Waals surface area contributed by atoms with Gasteiger partial charge in [0.25, 0.3) is 5.91 Å². The molecule has 1 fully saturated rings. The molecule has 0 radical (unpaired) electrons. The third kappa shape index (κ3) is 4.85. The standard InChI is InChI=1S/C17H23N3O5/c1-12(21)19-7-9-20(10-8-19)16(23)5-6-18-17(24)14-4-3-13(25-2)11-15(14)22/h3-4,11,22H,5-10H2,1-2H3,(H,18,24). The third-order valence-electron chi connectivity index (χ3n) is 4.15. The van der Waals surface area contributed by atoms with Crippen molar-refractivity contribution in [1.82, 2.24) is 15.1 Å². The molecule has 0 aliphatic carbocycles. The maximum atomic E-state index is 12.1. The molecule has 1 aromatic carbocycles. The van der Waals surface area contributed by atoms with Crippen LogP contribution in [0.5, 0.6) is 11.5 Å². The molecule has 1 saturated heterocycles. The van der Waals surface area contributed by atoms with Gasteiger partial charge >= 0.3 is 0 Å². The fraction of sp³-hybridized carbons (Fsp3) is 0.471. The Morgan fingerprint density at radius 2 is 1.80 bits per heavy atom. The Balaban J connectivity index is 1.77. The predicted octanol–water partition coefficient (Wildman–Crippen LogP) is 0.211. The summed E-state index contributed by atoms with van der Waals surface area (Å²) >= 11 is 0. The molecule has 0 spiro atoms. The molecule has 8 nitrogen and oxygen atoms in total. The van der Waals surface area contributed by atoms with Crippen LogP contribution in [0.4, 0.5) is 0 Å². The molecule has 0 aromatic heterocycles. The number of piperazine rings is 1. The van der Waals surface area contributed by atoms with Crippen LogP contribution in [0, 0.1) is 0 Å². The lowest BCUT2D eigenvalue weighted by Gasteiger charge is -2.34. The van der Waals surface area contributed by atoms with E-state index >= 15 is 0 Å². The summed E-state index contributed by atoms with van der Waals surface area (Å²) in [4.78, 5) is 38.9. The number of carbonyl (C=O) groups excluding carboxylic acids is 3. The number of hydrogen-bond acceptors (Lipinski definition) is 5. The first-order valence-electron chi connectivity index (χ1n) is 8.11. The smallest absolute Gasteiger partial charge is 0.255 e. The fourth-order valence-corrected chi connectivity index (χ4v) is 2.64. The normalized spacial score (nSPS) is 14.2. The van der Waals surface area contributed by atoms with Gasteiger partial charge in [-0.15, -0.1) is 0 Å². The number of aromatic hydroxyl groups is 1. The summed E-state index contributed by atoms with van der Waals surface area (Å²) in [7, 11) is 1.47. The molecule has 8 heteroatoms. The van der Waals surface area contributed by atoms with Crippen molar-refractivity contribution in [3.63, 3.8) is 0 Å². The van der Waals surface area contributed by atoms with Crippen LogP contribution in [0.25, 0.3) is 0 Å². The molecule has 25 heavy (non-hydrogen) atoms. The van der Waals surface area contributed by atoms with E-state index in [0.29, 0.717) is 31.9 Å². The number of methoxy groups -OCH3 is 1. The second-order valence-electron chi connectivity index (χ2n) is 5.78. The van der Waals surface area contributed by atoms with Crippen LogP contribution < -0.4 is 10.1 Å². The summed E-state index contributed by atoms with van der Waals surface area (Å²) in [6.07, 6.45) is 0.169. The molecule has 1 aliphatic rings. The maximum absolute atomic E-state index is 12.1. The van der Waals surface area contributed by atoms with Crippen molar-refractivity contribution < 1.29 is 24.2 Å². The van der Waals surface area contributed by atoms with Crippen molar-refractivity contribution in [1.29, 1.82) is 0 Å². The number of ether oxygens (including phenoxy) is 1. The van der Waals surface area contributed by atoms with Crippen molar-refractivity contribution in [2.75, 3.05) is 39.8 Å². The first-order valence-corrected chi connectivity index (χ1v) is 8.11. The van der Waals surface area contributed by atoms with Gasteiger partial charge in [-0.25, -0.2) is 0 Å². The maximum Gasteiger partial charge on any atom is 0.255 e. The fourth-order valence-electron chi connectivity index (χ4n) is 2.64. The molecule has 1 aliphatic heterocycles. The summed E-state index contributed by atoms with van der Waals surface area (Å²) in [5.41, 5.74) is 0.128. The summed E-state index contributed by atoms with van der Waals surface area (Å²) in [5, 5.41) is 12.4. The SMILES string of the molecule is COc1ccc(C(=O)NCCC(=O)N2CCN(C(C)=O)CC2)c(O)c1. The predicted molar refractivity (Wildman–Crippen MR) is 90.4 cm³/mol. The van der Waals surface area contributed by atoms with E-state index in [9.17, 15) is 19.5 Å². The average Bonchev–Trinajstić information content (AvgIpc) is 2.61. The van der Waals surface area contributed by atoms with Gasteiger partial charge in [-0.3, -0.25) is 14.4 Å². The van der Waals surface area contributed by atoms with Crippen molar-refractivity contribution in [3.05, 3.63) is 23.8 Å². The van der Waals surface area contributed by atoms with Crippen LogP contribution in [0.3, 0.4) is 0 Å². The van der Waals surface area contributed by atoms with Crippen LogP contribution >= 0.6 is 0 Å². The molecular weight excluding hydrogens is 326 g/mol. The Labute approximate surface area is 146 Å². The second kappa shape index (κ2) is 8.36. The molecule has 0 bridgehead atoms. The van der Waals surface area contributed by atoms with Crippen molar-refractivity contribution in [3.8, 4) is 11.5 Å². The lowest BCUT2D eigenvalue weighted by Crippen LogP contribution is -2.50. The molecule has 0 unspecified atom stereocenters. The Morgan fingerprint density at radius 3 is 2.36 bits per heavy atom. The molecule has 2 N–H and O–H groups in total. The minimum absolute atomic E-state index is 0.0126. The molecule has 136 valence electrons. The zero-order chi connectivity index (χ0) is 18.4. The van der Waals surface area contributed by atoms with Gasteiger partial charge in [0.2, 0.25) is 11.8 Å². The summed E-state index contributed by atoms with van der Waals surface area (Å²) in [5.74, 6) is -0.229. The Bertz CT molecular complexity index is 654. The van der Waals surface area contributed by atoms with Crippen LogP contribution in [0.15, 0.2) is 18.2 Å². The van der Waals surface area contributed by atoms with Gasteiger partial charge in [0.15, 0.2) is 0 Å². The Morgan fingerprint density at radius 1 is 1.16 bits per heavy atom. The molecule has 0 saturated carbocycles.